The Morgan fingerprint density at radius 2 is 2.24 bits per heavy atom. The molecule has 1 atom stereocenters. The van der Waals surface area contributed by atoms with E-state index in [1.54, 1.807) is 19.2 Å². The van der Waals surface area contributed by atoms with Gasteiger partial charge in [-0.1, -0.05) is 16.8 Å². The van der Waals surface area contributed by atoms with Crippen LogP contribution in [-0.4, -0.2) is 22.4 Å². The highest BCUT2D eigenvalue weighted by Crippen LogP contribution is 2.29. The van der Waals surface area contributed by atoms with Gasteiger partial charge in [0.2, 0.25) is 5.82 Å². The molecule has 6 heteroatoms. The zero-order valence-electron chi connectivity index (χ0n) is 9.35. The summed E-state index contributed by atoms with van der Waals surface area (Å²) in [6.07, 6.45) is -0.236. The number of rotatable bonds is 3. The molecule has 0 radical (unpaired) electrons. The fourth-order valence-electron chi connectivity index (χ4n) is 1.26. The molecule has 90 valence electrons. The first-order chi connectivity index (χ1) is 8.11. The lowest BCUT2D eigenvalue weighted by Gasteiger charge is -2.01. The number of nitrogens with zero attached hydrogens (tertiary/aromatic N) is 2. The second-order valence-electron chi connectivity index (χ2n) is 3.50. The predicted octanol–water partition coefficient (Wildman–Crippen LogP) is 2.80. The van der Waals surface area contributed by atoms with Crippen LogP contribution in [0.4, 0.5) is 0 Å². The quantitative estimate of drug-likeness (QED) is 0.912. The third-order valence-electron chi connectivity index (χ3n) is 2.35. The first-order valence-electron chi connectivity index (χ1n) is 4.97. The van der Waals surface area contributed by atoms with Gasteiger partial charge in [0.1, 0.15) is 11.9 Å². The van der Waals surface area contributed by atoms with Gasteiger partial charge in [0.25, 0.3) is 5.89 Å². The Labute approximate surface area is 103 Å². The molecule has 2 aromatic rings. The minimum Gasteiger partial charge on any atom is -0.506 e. The predicted molar refractivity (Wildman–Crippen MR) is 61.8 cm³/mol. The van der Waals surface area contributed by atoms with Crippen molar-refractivity contribution in [2.75, 3.05) is 7.11 Å². The molecule has 0 amide bonds. The van der Waals surface area contributed by atoms with E-state index in [0.717, 1.165) is 0 Å². The number of hydrogen-bond acceptors (Lipinski definition) is 5. The van der Waals surface area contributed by atoms with E-state index in [1.165, 1.54) is 6.07 Å². The summed E-state index contributed by atoms with van der Waals surface area (Å²) in [5.74, 6) is 0.818. The highest BCUT2D eigenvalue weighted by molar-refractivity contribution is 6.32. The van der Waals surface area contributed by atoms with Gasteiger partial charge in [-0.25, -0.2) is 0 Å². The molecule has 0 fully saturated rings. The zero-order valence-corrected chi connectivity index (χ0v) is 10.1. The molecule has 17 heavy (non-hydrogen) atoms. The van der Waals surface area contributed by atoms with Gasteiger partial charge in [-0.2, -0.15) is 4.98 Å². The second kappa shape index (κ2) is 4.73. The molecule has 0 saturated heterocycles. The molecule has 1 N–H and O–H groups in total. The van der Waals surface area contributed by atoms with Crippen molar-refractivity contribution in [1.29, 1.82) is 0 Å². The Balaban J connectivity index is 2.33. The van der Waals surface area contributed by atoms with E-state index >= 15 is 0 Å². The topological polar surface area (TPSA) is 68.4 Å². The zero-order chi connectivity index (χ0) is 12.4. The summed E-state index contributed by atoms with van der Waals surface area (Å²) in [6, 6.07) is 4.68. The summed E-state index contributed by atoms with van der Waals surface area (Å²) in [5, 5.41) is 13.3. The van der Waals surface area contributed by atoms with Gasteiger partial charge in [-0.05, 0) is 25.1 Å². The molecule has 1 unspecified atom stereocenters. The molecule has 0 spiro atoms. The highest BCUT2D eigenvalue weighted by atomic mass is 35.5. The largest absolute Gasteiger partial charge is 0.506 e. The molecule has 2 rings (SSSR count). The fraction of sp³-hybridized carbons (Fsp3) is 0.273. The van der Waals surface area contributed by atoms with Gasteiger partial charge in [0.05, 0.1) is 5.02 Å². The summed E-state index contributed by atoms with van der Waals surface area (Å²) < 4.78 is 10.2. The van der Waals surface area contributed by atoms with E-state index in [0.29, 0.717) is 17.3 Å². The molecule has 0 aliphatic rings. The van der Waals surface area contributed by atoms with Crippen LogP contribution in [0.15, 0.2) is 22.7 Å². The molecule has 5 nitrogen and oxygen atoms in total. The number of hydrogen-bond donors (Lipinski definition) is 1. The minimum absolute atomic E-state index is 0.0143. The first kappa shape index (κ1) is 11.9. The van der Waals surface area contributed by atoms with Crippen LogP contribution in [-0.2, 0) is 4.74 Å². The average Bonchev–Trinajstić information content (AvgIpc) is 2.81. The van der Waals surface area contributed by atoms with Crippen LogP contribution in [0.1, 0.15) is 18.9 Å². The Morgan fingerprint density at radius 3 is 2.88 bits per heavy atom. The smallest absolute Gasteiger partial charge is 0.258 e. The van der Waals surface area contributed by atoms with Crippen molar-refractivity contribution < 1.29 is 14.4 Å². The van der Waals surface area contributed by atoms with Crippen LogP contribution in [0.3, 0.4) is 0 Å². The van der Waals surface area contributed by atoms with Crippen LogP contribution >= 0.6 is 11.6 Å². The van der Waals surface area contributed by atoms with E-state index in [2.05, 4.69) is 10.1 Å². The van der Waals surface area contributed by atoms with Crippen molar-refractivity contribution in [3.8, 4) is 17.2 Å². The number of phenols is 1. The summed E-state index contributed by atoms with van der Waals surface area (Å²) in [7, 11) is 1.57. The molecular formula is C11H11ClN2O3. The maximum absolute atomic E-state index is 9.30. The summed E-state index contributed by atoms with van der Waals surface area (Å²) in [5.41, 5.74) is 0.648. The number of aromatic hydroxyl groups is 1. The highest BCUT2D eigenvalue weighted by Gasteiger charge is 2.14. The lowest BCUT2D eigenvalue weighted by atomic mass is 10.2. The van der Waals surface area contributed by atoms with Gasteiger partial charge in [-0.15, -0.1) is 0 Å². The fourth-order valence-corrected chi connectivity index (χ4v) is 1.44. The van der Waals surface area contributed by atoms with E-state index in [9.17, 15) is 5.11 Å². The second-order valence-corrected chi connectivity index (χ2v) is 3.91. The summed E-state index contributed by atoms with van der Waals surface area (Å²) >= 11 is 5.80. The number of methoxy groups -OCH3 is 1. The van der Waals surface area contributed by atoms with Gasteiger partial charge in [0, 0.05) is 12.7 Å². The monoisotopic (exact) mass is 254 g/mol. The summed E-state index contributed by atoms with van der Waals surface area (Å²) in [6.45, 7) is 1.82. The van der Waals surface area contributed by atoms with Crippen molar-refractivity contribution in [3.63, 3.8) is 0 Å². The van der Waals surface area contributed by atoms with Crippen LogP contribution in [0.2, 0.25) is 5.02 Å². The molecule has 0 aliphatic heterocycles. The van der Waals surface area contributed by atoms with E-state index in [4.69, 9.17) is 20.9 Å². The van der Waals surface area contributed by atoms with Crippen molar-refractivity contribution in [1.82, 2.24) is 10.1 Å². The van der Waals surface area contributed by atoms with Gasteiger partial charge < -0.3 is 14.4 Å². The van der Waals surface area contributed by atoms with Crippen molar-refractivity contribution in [2.24, 2.45) is 0 Å². The Kier molecular flexibility index (Phi) is 3.31. The third-order valence-corrected chi connectivity index (χ3v) is 2.66. The maximum atomic E-state index is 9.30. The minimum atomic E-state index is -0.236. The Bertz CT molecular complexity index is 527. The maximum Gasteiger partial charge on any atom is 0.258 e. The number of halogens is 1. The normalized spacial score (nSPS) is 12.6. The Hall–Kier alpha value is -1.59. The number of aromatic nitrogens is 2. The van der Waals surface area contributed by atoms with Gasteiger partial charge in [-0.3, -0.25) is 0 Å². The molecule has 0 aliphatic carbocycles. The van der Waals surface area contributed by atoms with Crippen molar-refractivity contribution in [2.45, 2.75) is 13.0 Å². The van der Waals surface area contributed by atoms with Gasteiger partial charge >= 0.3 is 0 Å². The van der Waals surface area contributed by atoms with E-state index in [-0.39, 0.29) is 16.9 Å². The van der Waals surface area contributed by atoms with Crippen LogP contribution in [0.25, 0.3) is 11.5 Å². The molecule has 0 saturated carbocycles. The first-order valence-corrected chi connectivity index (χ1v) is 5.35. The number of ether oxygens (including phenoxy) is 1. The van der Waals surface area contributed by atoms with Crippen molar-refractivity contribution >= 4 is 11.6 Å². The molecule has 1 heterocycles. The van der Waals surface area contributed by atoms with E-state index < -0.39 is 0 Å². The lowest BCUT2D eigenvalue weighted by molar-refractivity contribution is 0.109. The molecular weight excluding hydrogens is 244 g/mol. The van der Waals surface area contributed by atoms with Crippen LogP contribution in [0.5, 0.6) is 5.75 Å². The number of benzene rings is 1. The van der Waals surface area contributed by atoms with Crippen LogP contribution < -0.4 is 0 Å². The summed E-state index contributed by atoms with van der Waals surface area (Å²) in [4.78, 5) is 4.18. The van der Waals surface area contributed by atoms with Crippen LogP contribution in [0, 0.1) is 0 Å². The molecule has 0 bridgehead atoms. The SMILES string of the molecule is COC(C)c1noc(-c2ccc(O)c(Cl)c2)n1. The van der Waals surface area contributed by atoms with E-state index in [1.807, 2.05) is 6.92 Å². The Morgan fingerprint density at radius 1 is 1.47 bits per heavy atom. The number of phenolic OH excluding ortho intramolecular Hbond substituents is 1. The average molecular weight is 255 g/mol. The third kappa shape index (κ3) is 2.40. The van der Waals surface area contributed by atoms with Gasteiger partial charge in [0.15, 0.2) is 0 Å². The standard InChI is InChI=1S/C11H11ClN2O3/c1-6(16-2)10-13-11(17-14-10)7-3-4-9(15)8(12)5-7/h3-6,15H,1-2H3. The molecule has 1 aromatic carbocycles. The van der Waals surface area contributed by atoms with Crippen molar-refractivity contribution in [3.05, 3.63) is 29.0 Å². The molecule has 1 aromatic heterocycles. The lowest BCUT2D eigenvalue weighted by Crippen LogP contribution is -1.97.